The van der Waals surface area contributed by atoms with Crippen LogP contribution < -0.4 is 10.6 Å². The Morgan fingerprint density at radius 1 is 1.03 bits per heavy atom. The van der Waals surface area contributed by atoms with Crippen molar-refractivity contribution in [2.45, 2.75) is 113 Å². The summed E-state index contributed by atoms with van der Waals surface area (Å²) >= 11 is 1.78. The molecule has 1 heterocycles. The van der Waals surface area contributed by atoms with Crippen LogP contribution in [-0.4, -0.2) is 52.7 Å². The number of thioether (sulfide) groups is 1. The van der Waals surface area contributed by atoms with Gasteiger partial charge >= 0.3 is 0 Å². The van der Waals surface area contributed by atoms with E-state index in [1.165, 1.54) is 0 Å². The second-order valence-electron chi connectivity index (χ2n) is 11.2. The molecule has 1 saturated heterocycles. The van der Waals surface area contributed by atoms with Crippen molar-refractivity contribution in [2.24, 2.45) is 23.7 Å². The third kappa shape index (κ3) is 6.25. The van der Waals surface area contributed by atoms with Crippen LogP contribution in [0.15, 0.2) is 0 Å². The molecule has 3 aliphatic carbocycles. The molecule has 7 atom stereocenters. The molecule has 0 aromatic carbocycles. The molecule has 7 unspecified atom stereocenters. The van der Waals surface area contributed by atoms with Gasteiger partial charge in [0.1, 0.15) is 0 Å². The van der Waals surface area contributed by atoms with Crippen molar-refractivity contribution in [1.29, 1.82) is 0 Å². The minimum Gasteiger partial charge on any atom is -0.381 e. The molecule has 1 aliphatic heterocycles. The van der Waals surface area contributed by atoms with E-state index in [-0.39, 0.29) is 40.0 Å². The lowest BCUT2D eigenvalue weighted by Gasteiger charge is -2.33. The smallest absolute Gasteiger partial charge is 0.226 e. The quantitative estimate of drug-likeness (QED) is 0.409. The fraction of sp³-hybridized carbons (Fsp3) is 0.920. The van der Waals surface area contributed by atoms with Crippen LogP contribution in [-0.2, 0) is 14.3 Å². The summed E-state index contributed by atoms with van der Waals surface area (Å²) in [5.41, 5.74) is 0. The van der Waals surface area contributed by atoms with Gasteiger partial charge in [-0.3, -0.25) is 19.7 Å². The van der Waals surface area contributed by atoms with Crippen LogP contribution in [0.4, 0.5) is 0 Å². The zero-order chi connectivity index (χ0) is 24.2. The first-order valence-electron chi connectivity index (χ1n) is 13.3. The van der Waals surface area contributed by atoms with Gasteiger partial charge in [0.15, 0.2) is 0 Å². The minimum atomic E-state index is -0.566. The number of nitro groups is 1. The van der Waals surface area contributed by atoms with Crippen LogP contribution in [0.1, 0.15) is 84.0 Å². The first kappa shape index (κ1) is 25.7. The monoisotopic (exact) mass is 495 g/mol. The summed E-state index contributed by atoms with van der Waals surface area (Å²) in [6.45, 7) is 2.27. The van der Waals surface area contributed by atoms with E-state index in [9.17, 15) is 19.7 Å². The summed E-state index contributed by atoms with van der Waals surface area (Å²) in [5, 5.41) is 17.9. The Morgan fingerprint density at radius 2 is 1.79 bits per heavy atom. The third-order valence-electron chi connectivity index (χ3n) is 8.71. The Labute approximate surface area is 207 Å². The fourth-order valence-corrected chi connectivity index (χ4v) is 8.73. The number of carbonyl (C=O) groups excluding carboxylic acids is 2. The maximum Gasteiger partial charge on any atom is 0.226 e. The molecule has 0 aromatic heterocycles. The van der Waals surface area contributed by atoms with E-state index in [1.54, 1.807) is 18.9 Å². The van der Waals surface area contributed by atoms with Crippen molar-refractivity contribution in [3.63, 3.8) is 0 Å². The summed E-state index contributed by atoms with van der Waals surface area (Å²) < 4.78 is 5.45. The van der Waals surface area contributed by atoms with Gasteiger partial charge in [0, 0.05) is 42.6 Å². The first-order chi connectivity index (χ1) is 16.3. The molecule has 9 heteroatoms. The van der Waals surface area contributed by atoms with Gasteiger partial charge < -0.3 is 15.4 Å². The van der Waals surface area contributed by atoms with E-state index in [0.29, 0.717) is 42.5 Å². The van der Waals surface area contributed by atoms with Crippen LogP contribution in [0, 0.1) is 33.8 Å². The first-order valence-corrected chi connectivity index (χ1v) is 14.2. The van der Waals surface area contributed by atoms with Gasteiger partial charge in [0.05, 0.1) is 17.4 Å². The highest BCUT2D eigenvalue weighted by Gasteiger charge is 2.50. The van der Waals surface area contributed by atoms with E-state index >= 15 is 0 Å². The van der Waals surface area contributed by atoms with Gasteiger partial charge in [-0.15, -0.1) is 11.8 Å². The maximum absolute atomic E-state index is 13.5. The Bertz CT molecular complexity index is 744. The van der Waals surface area contributed by atoms with Crippen molar-refractivity contribution in [3.05, 3.63) is 10.1 Å². The van der Waals surface area contributed by atoms with Gasteiger partial charge in [0.2, 0.25) is 17.9 Å². The molecule has 4 rings (SSSR count). The standard InChI is InChI=1S/C25H41N3O5S/c1-15-6-11-20-21(12-15)34-25(27-22(29)13-16-7-9-19(33-2)10-8-16)23(20)24(30)26-17-4-3-5-18(14-17)28(31)32/h15-21,23,25H,3-14H2,1-2H3,(H,26,30)(H,27,29). The topological polar surface area (TPSA) is 111 Å². The molecule has 0 spiro atoms. The van der Waals surface area contributed by atoms with Crippen molar-refractivity contribution in [2.75, 3.05) is 7.11 Å². The number of ether oxygens (including phenoxy) is 1. The van der Waals surface area contributed by atoms with Crippen molar-refractivity contribution in [3.8, 4) is 0 Å². The van der Waals surface area contributed by atoms with Gasteiger partial charge in [-0.2, -0.15) is 0 Å². The zero-order valence-electron chi connectivity index (χ0n) is 20.6. The molecule has 0 aromatic rings. The number of hydrogen-bond acceptors (Lipinski definition) is 6. The highest BCUT2D eigenvalue weighted by Crippen LogP contribution is 2.50. The number of nitrogens with zero attached hydrogens (tertiary/aromatic N) is 1. The Hall–Kier alpha value is -1.35. The second kappa shape index (κ2) is 11.6. The summed E-state index contributed by atoms with van der Waals surface area (Å²) in [5.74, 6) is 1.06. The van der Waals surface area contributed by atoms with Gasteiger partial charge in [-0.05, 0) is 69.1 Å². The van der Waals surface area contributed by atoms with Crippen LogP contribution >= 0.6 is 11.8 Å². The lowest BCUT2D eigenvalue weighted by molar-refractivity contribution is -0.526. The number of nitrogens with one attached hydrogen (secondary N) is 2. The molecule has 3 saturated carbocycles. The Kier molecular flexibility index (Phi) is 8.77. The molecule has 0 radical (unpaired) electrons. The molecular weight excluding hydrogens is 454 g/mol. The summed E-state index contributed by atoms with van der Waals surface area (Å²) in [6.07, 6.45) is 10.6. The average molecular weight is 496 g/mol. The number of fused-ring (bicyclic) bond motifs is 1. The minimum absolute atomic E-state index is 0.0190. The van der Waals surface area contributed by atoms with Crippen molar-refractivity contribution < 1.29 is 19.2 Å². The van der Waals surface area contributed by atoms with E-state index in [0.717, 1.165) is 57.8 Å². The summed E-state index contributed by atoms with van der Waals surface area (Å²) in [7, 11) is 1.76. The highest BCUT2D eigenvalue weighted by molar-refractivity contribution is 8.00. The molecule has 4 aliphatic rings. The number of methoxy groups -OCH3 is 1. The van der Waals surface area contributed by atoms with Crippen LogP contribution in [0.2, 0.25) is 0 Å². The lowest BCUT2D eigenvalue weighted by atomic mass is 9.75. The van der Waals surface area contributed by atoms with Crippen LogP contribution in [0.25, 0.3) is 0 Å². The fourth-order valence-electron chi connectivity index (χ4n) is 6.71. The number of amides is 2. The third-order valence-corrected chi connectivity index (χ3v) is 10.3. The summed E-state index contributed by atoms with van der Waals surface area (Å²) in [6, 6.07) is -0.709. The Morgan fingerprint density at radius 3 is 2.50 bits per heavy atom. The largest absolute Gasteiger partial charge is 0.381 e. The van der Waals surface area contributed by atoms with E-state index in [2.05, 4.69) is 17.6 Å². The number of rotatable bonds is 7. The van der Waals surface area contributed by atoms with E-state index in [1.807, 2.05) is 0 Å². The molecular formula is C25H41N3O5S. The molecule has 0 bridgehead atoms. The van der Waals surface area contributed by atoms with Crippen LogP contribution in [0.3, 0.4) is 0 Å². The SMILES string of the molecule is COC1CCC(CC(=O)NC2SC3CC(C)CCC3C2C(=O)NC2CCCC([N+](=O)[O-])C2)CC1. The maximum atomic E-state index is 13.5. The predicted octanol–water partition coefficient (Wildman–Crippen LogP) is 3.90. The average Bonchev–Trinajstić information content (AvgIpc) is 3.16. The van der Waals surface area contributed by atoms with Crippen molar-refractivity contribution in [1.82, 2.24) is 10.6 Å². The van der Waals surface area contributed by atoms with Gasteiger partial charge in [-0.1, -0.05) is 13.3 Å². The molecule has 2 amide bonds. The van der Waals surface area contributed by atoms with Gasteiger partial charge in [0.25, 0.3) is 0 Å². The van der Waals surface area contributed by atoms with Crippen molar-refractivity contribution >= 4 is 23.6 Å². The highest BCUT2D eigenvalue weighted by atomic mass is 32.2. The van der Waals surface area contributed by atoms with E-state index < -0.39 is 6.04 Å². The molecule has 2 N–H and O–H groups in total. The molecule has 4 fully saturated rings. The Balaban J connectivity index is 1.38. The normalized spacial score (nSPS) is 40.2. The van der Waals surface area contributed by atoms with Crippen LogP contribution in [0.5, 0.6) is 0 Å². The number of hydrogen-bond donors (Lipinski definition) is 2. The lowest BCUT2D eigenvalue weighted by Crippen LogP contribution is -2.50. The molecule has 34 heavy (non-hydrogen) atoms. The molecule has 192 valence electrons. The second-order valence-corrected chi connectivity index (χ2v) is 12.5. The zero-order valence-corrected chi connectivity index (χ0v) is 21.4. The number of carbonyl (C=O) groups is 2. The van der Waals surface area contributed by atoms with E-state index in [4.69, 9.17) is 4.74 Å². The van der Waals surface area contributed by atoms with Gasteiger partial charge in [-0.25, -0.2) is 0 Å². The summed E-state index contributed by atoms with van der Waals surface area (Å²) in [4.78, 5) is 37.6. The molecule has 8 nitrogen and oxygen atoms in total. The predicted molar refractivity (Wildman–Crippen MR) is 132 cm³/mol.